The van der Waals surface area contributed by atoms with Gasteiger partial charge in [-0.05, 0) is 6.42 Å². The first-order valence-electron chi connectivity index (χ1n) is 7.58. The fourth-order valence-electron chi connectivity index (χ4n) is 2.50. The molecule has 6 nitrogen and oxygen atoms in total. The van der Waals surface area contributed by atoms with E-state index in [2.05, 4.69) is 16.7 Å². The van der Waals surface area contributed by atoms with Crippen molar-refractivity contribution < 1.29 is 14.3 Å². The van der Waals surface area contributed by atoms with Crippen LogP contribution in [-0.4, -0.2) is 79.1 Å². The molecule has 0 radical (unpaired) electrons. The Morgan fingerprint density at radius 3 is 2.76 bits per heavy atom. The third-order valence-corrected chi connectivity index (χ3v) is 3.72. The van der Waals surface area contributed by atoms with Gasteiger partial charge in [-0.2, -0.15) is 0 Å². The summed E-state index contributed by atoms with van der Waals surface area (Å²) in [5.41, 5.74) is 0. The zero-order valence-corrected chi connectivity index (χ0v) is 12.6. The maximum absolute atomic E-state index is 12.2. The van der Waals surface area contributed by atoms with Gasteiger partial charge in [-0.15, -0.1) is 5.92 Å². The van der Waals surface area contributed by atoms with Crippen LogP contribution in [0.1, 0.15) is 19.8 Å². The Morgan fingerprint density at radius 2 is 2.05 bits per heavy atom. The SMILES string of the molecule is CCC#CCN1CCCN(C(=O)CN2CCOC2=O)CC1. The summed E-state index contributed by atoms with van der Waals surface area (Å²) in [7, 11) is 0. The first-order chi connectivity index (χ1) is 10.2. The lowest BCUT2D eigenvalue weighted by Crippen LogP contribution is -2.42. The number of hydrogen-bond donors (Lipinski definition) is 0. The highest BCUT2D eigenvalue weighted by Gasteiger charge is 2.27. The van der Waals surface area contributed by atoms with E-state index in [-0.39, 0.29) is 18.5 Å². The Balaban J connectivity index is 1.79. The molecule has 2 fully saturated rings. The van der Waals surface area contributed by atoms with E-state index in [4.69, 9.17) is 4.74 Å². The quantitative estimate of drug-likeness (QED) is 0.706. The average Bonchev–Trinajstić information content (AvgIpc) is 2.74. The maximum atomic E-state index is 12.2. The molecule has 0 spiro atoms. The van der Waals surface area contributed by atoms with Crippen molar-refractivity contribution in [3.8, 4) is 11.8 Å². The van der Waals surface area contributed by atoms with Gasteiger partial charge in [0.2, 0.25) is 5.91 Å². The van der Waals surface area contributed by atoms with E-state index in [0.29, 0.717) is 19.7 Å². The summed E-state index contributed by atoms with van der Waals surface area (Å²) >= 11 is 0. The Bertz CT molecular complexity index is 441. The normalized spacial score (nSPS) is 19.8. The molecular weight excluding hydrogens is 270 g/mol. The highest BCUT2D eigenvalue weighted by atomic mass is 16.6. The summed E-state index contributed by atoms with van der Waals surface area (Å²) in [4.78, 5) is 29.2. The number of cyclic esters (lactones) is 1. The second-order valence-electron chi connectivity index (χ2n) is 5.25. The molecule has 0 saturated carbocycles. The molecule has 2 aliphatic heterocycles. The van der Waals surface area contributed by atoms with Crippen molar-refractivity contribution in [1.82, 2.24) is 14.7 Å². The standard InChI is InChI=1S/C15H23N3O3/c1-2-3-4-6-16-7-5-8-17(10-9-16)14(19)13-18-11-12-21-15(18)20/h2,5-13H2,1H3. The fourth-order valence-corrected chi connectivity index (χ4v) is 2.50. The van der Waals surface area contributed by atoms with Crippen molar-refractivity contribution in [2.24, 2.45) is 0 Å². The minimum absolute atomic E-state index is 0.00958. The van der Waals surface area contributed by atoms with Crippen molar-refractivity contribution in [2.45, 2.75) is 19.8 Å². The highest BCUT2D eigenvalue weighted by Crippen LogP contribution is 2.07. The van der Waals surface area contributed by atoms with Crippen molar-refractivity contribution >= 4 is 12.0 Å². The van der Waals surface area contributed by atoms with Crippen LogP contribution in [0.15, 0.2) is 0 Å². The number of nitrogens with zero attached hydrogens (tertiary/aromatic N) is 3. The predicted octanol–water partition coefficient (Wildman–Crippen LogP) is 0.386. The van der Waals surface area contributed by atoms with E-state index in [1.54, 1.807) is 0 Å². The number of ether oxygens (including phenoxy) is 1. The number of hydrogen-bond acceptors (Lipinski definition) is 4. The summed E-state index contributed by atoms with van der Waals surface area (Å²) in [6, 6.07) is 0. The Hall–Kier alpha value is -1.74. The first-order valence-corrected chi connectivity index (χ1v) is 7.58. The predicted molar refractivity (Wildman–Crippen MR) is 78.6 cm³/mol. The Morgan fingerprint density at radius 1 is 1.19 bits per heavy atom. The Kier molecular flexibility index (Phi) is 5.88. The molecule has 21 heavy (non-hydrogen) atoms. The number of carbonyl (C=O) groups excluding carboxylic acids is 2. The molecule has 0 N–H and O–H groups in total. The van der Waals surface area contributed by atoms with Crippen molar-refractivity contribution in [2.75, 3.05) is 52.4 Å². The van der Waals surface area contributed by atoms with Crippen LogP contribution in [-0.2, 0) is 9.53 Å². The average molecular weight is 293 g/mol. The minimum atomic E-state index is -0.380. The molecule has 0 unspecified atom stereocenters. The van der Waals surface area contributed by atoms with Crippen LogP contribution >= 0.6 is 0 Å². The fraction of sp³-hybridized carbons (Fsp3) is 0.733. The monoisotopic (exact) mass is 293 g/mol. The summed E-state index contributed by atoms with van der Waals surface area (Å²) in [5.74, 6) is 6.23. The molecule has 6 heteroatoms. The lowest BCUT2D eigenvalue weighted by Gasteiger charge is -2.23. The number of carbonyl (C=O) groups is 2. The molecule has 116 valence electrons. The second-order valence-corrected chi connectivity index (χ2v) is 5.25. The van der Waals surface area contributed by atoms with Gasteiger partial charge in [-0.3, -0.25) is 14.6 Å². The van der Waals surface area contributed by atoms with Gasteiger partial charge in [0.1, 0.15) is 13.2 Å². The molecule has 2 saturated heterocycles. The highest BCUT2D eigenvalue weighted by molar-refractivity contribution is 5.82. The molecule has 0 aromatic carbocycles. The van der Waals surface area contributed by atoms with Gasteiger partial charge >= 0.3 is 6.09 Å². The van der Waals surface area contributed by atoms with Gasteiger partial charge in [0.25, 0.3) is 0 Å². The molecule has 0 aliphatic carbocycles. The van der Waals surface area contributed by atoms with E-state index in [1.165, 1.54) is 4.90 Å². The Labute approximate surface area is 126 Å². The third kappa shape index (κ3) is 4.64. The number of amides is 2. The molecule has 0 bridgehead atoms. The van der Waals surface area contributed by atoms with Gasteiger partial charge in [-0.1, -0.05) is 12.8 Å². The zero-order chi connectivity index (χ0) is 15.1. The molecule has 2 amide bonds. The molecule has 2 aliphatic rings. The van der Waals surface area contributed by atoms with E-state index < -0.39 is 0 Å². The van der Waals surface area contributed by atoms with Crippen LogP contribution in [0.5, 0.6) is 0 Å². The maximum Gasteiger partial charge on any atom is 0.410 e. The van der Waals surface area contributed by atoms with Crippen molar-refractivity contribution in [1.29, 1.82) is 0 Å². The first kappa shape index (κ1) is 15.6. The molecule has 2 heterocycles. The lowest BCUT2D eigenvalue weighted by atomic mass is 10.3. The molecule has 0 aromatic heterocycles. The van der Waals surface area contributed by atoms with Crippen LogP contribution in [0.25, 0.3) is 0 Å². The van der Waals surface area contributed by atoms with Crippen molar-refractivity contribution in [3.63, 3.8) is 0 Å². The van der Waals surface area contributed by atoms with Crippen LogP contribution < -0.4 is 0 Å². The lowest BCUT2D eigenvalue weighted by molar-refractivity contribution is -0.131. The smallest absolute Gasteiger partial charge is 0.410 e. The minimum Gasteiger partial charge on any atom is -0.448 e. The largest absolute Gasteiger partial charge is 0.448 e. The van der Waals surface area contributed by atoms with Gasteiger partial charge in [0.15, 0.2) is 0 Å². The number of rotatable bonds is 3. The van der Waals surface area contributed by atoms with Crippen LogP contribution in [0.3, 0.4) is 0 Å². The van der Waals surface area contributed by atoms with Gasteiger partial charge in [0.05, 0.1) is 13.1 Å². The van der Waals surface area contributed by atoms with E-state index in [1.807, 2.05) is 11.8 Å². The van der Waals surface area contributed by atoms with E-state index in [9.17, 15) is 9.59 Å². The van der Waals surface area contributed by atoms with Gasteiger partial charge in [-0.25, -0.2) is 4.79 Å². The topological polar surface area (TPSA) is 53.1 Å². The van der Waals surface area contributed by atoms with Crippen LogP contribution in [0.4, 0.5) is 4.79 Å². The van der Waals surface area contributed by atoms with Crippen LogP contribution in [0, 0.1) is 11.8 Å². The summed E-state index contributed by atoms with van der Waals surface area (Å²) in [6.45, 7) is 7.10. The summed E-state index contributed by atoms with van der Waals surface area (Å²) in [6.07, 6.45) is 1.45. The van der Waals surface area contributed by atoms with E-state index in [0.717, 1.165) is 39.0 Å². The summed E-state index contributed by atoms with van der Waals surface area (Å²) < 4.78 is 4.84. The molecular formula is C15H23N3O3. The molecule has 0 aromatic rings. The van der Waals surface area contributed by atoms with Crippen molar-refractivity contribution in [3.05, 3.63) is 0 Å². The van der Waals surface area contributed by atoms with E-state index >= 15 is 0 Å². The second kappa shape index (κ2) is 7.89. The zero-order valence-electron chi connectivity index (χ0n) is 12.6. The van der Waals surface area contributed by atoms with Gasteiger partial charge < -0.3 is 9.64 Å². The third-order valence-electron chi connectivity index (χ3n) is 3.72. The van der Waals surface area contributed by atoms with Gasteiger partial charge in [0, 0.05) is 32.6 Å². The molecule has 2 rings (SSSR count). The van der Waals surface area contributed by atoms with Crippen LogP contribution in [0.2, 0.25) is 0 Å². The summed E-state index contributed by atoms with van der Waals surface area (Å²) in [5, 5.41) is 0. The molecule has 0 atom stereocenters.